The third-order valence-electron chi connectivity index (χ3n) is 6.64. The lowest BCUT2D eigenvalue weighted by Crippen LogP contribution is -2.56. The van der Waals surface area contributed by atoms with Crippen LogP contribution in [-0.4, -0.2) is 30.8 Å². The lowest BCUT2D eigenvalue weighted by molar-refractivity contribution is -0.173. The number of esters is 1. The van der Waals surface area contributed by atoms with Crippen molar-refractivity contribution in [2.75, 3.05) is 6.61 Å². The number of carbonyl (C=O) groups excluding carboxylic acids is 1. The summed E-state index contributed by atoms with van der Waals surface area (Å²) in [6.45, 7) is -0.238. The summed E-state index contributed by atoms with van der Waals surface area (Å²) < 4.78 is 61.9. The van der Waals surface area contributed by atoms with E-state index in [9.17, 15) is 22.0 Å². The van der Waals surface area contributed by atoms with Gasteiger partial charge in [-0.2, -0.15) is 17.2 Å². The standard InChI is InChI=1S/C19H22F2O5S/c20-19(21,27(23,24)25)16(22)26-12-17-7-13-6-14(8-17)10-18(9-13,11-17)15-4-2-1-3-5-15/h1-5,13-14H,6-12H2,(H,23,24,25). The van der Waals surface area contributed by atoms with Gasteiger partial charge >= 0.3 is 21.3 Å². The number of ether oxygens (including phenoxy) is 1. The molecule has 4 saturated carbocycles. The minimum Gasteiger partial charge on any atom is -0.460 e. The summed E-state index contributed by atoms with van der Waals surface area (Å²) in [4.78, 5) is 11.6. The molecule has 4 aliphatic rings. The predicted octanol–water partition coefficient (Wildman–Crippen LogP) is 3.55. The van der Waals surface area contributed by atoms with E-state index in [1.54, 1.807) is 0 Å². The van der Waals surface area contributed by atoms with Crippen LogP contribution in [0.15, 0.2) is 30.3 Å². The Morgan fingerprint density at radius 2 is 1.74 bits per heavy atom. The normalized spacial score (nSPS) is 35.2. The summed E-state index contributed by atoms with van der Waals surface area (Å²) in [5.41, 5.74) is 0.784. The second-order valence-corrected chi connectivity index (χ2v) is 10.1. The zero-order chi connectivity index (χ0) is 19.5. The van der Waals surface area contributed by atoms with Gasteiger partial charge in [-0.1, -0.05) is 30.3 Å². The highest BCUT2D eigenvalue weighted by Gasteiger charge is 2.60. The first-order chi connectivity index (χ1) is 12.6. The lowest BCUT2D eigenvalue weighted by Gasteiger charge is -2.62. The highest BCUT2D eigenvalue weighted by Crippen LogP contribution is 2.65. The Morgan fingerprint density at radius 3 is 2.30 bits per heavy atom. The molecule has 4 aliphatic carbocycles. The van der Waals surface area contributed by atoms with Gasteiger partial charge in [0.2, 0.25) is 0 Å². The summed E-state index contributed by atoms with van der Waals surface area (Å²) in [5.74, 6) is -1.30. The van der Waals surface area contributed by atoms with Gasteiger partial charge in [0.15, 0.2) is 0 Å². The van der Waals surface area contributed by atoms with Crippen molar-refractivity contribution in [3.8, 4) is 0 Å². The van der Waals surface area contributed by atoms with Crippen molar-refractivity contribution in [3.05, 3.63) is 35.9 Å². The van der Waals surface area contributed by atoms with E-state index in [0.717, 1.165) is 38.5 Å². The van der Waals surface area contributed by atoms with Gasteiger partial charge in [-0.05, 0) is 61.3 Å². The predicted molar refractivity (Wildman–Crippen MR) is 92.7 cm³/mol. The fourth-order valence-electron chi connectivity index (χ4n) is 6.16. The summed E-state index contributed by atoms with van der Waals surface area (Å²) in [7, 11) is -5.84. The van der Waals surface area contributed by atoms with E-state index in [4.69, 9.17) is 9.29 Å². The van der Waals surface area contributed by atoms with E-state index in [2.05, 4.69) is 12.1 Å². The zero-order valence-electron chi connectivity index (χ0n) is 14.7. The monoisotopic (exact) mass is 400 g/mol. The lowest BCUT2D eigenvalue weighted by atomic mass is 9.43. The van der Waals surface area contributed by atoms with Gasteiger partial charge in [-0.3, -0.25) is 4.55 Å². The third-order valence-corrected chi connectivity index (χ3v) is 7.45. The Balaban J connectivity index is 1.56. The molecule has 4 fully saturated rings. The molecule has 4 bridgehead atoms. The van der Waals surface area contributed by atoms with Crippen LogP contribution in [0.4, 0.5) is 8.78 Å². The van der Waals surface area contributed by atoms with Crippen molar-refractivity contribution >= 4 is 16.1 Å². The molecule has 1 aromatic rings. The van der Waals surface area contributed by atoms with Crippen LogP contribution in [0, 0.1) is 17.3 Å². The molecular weight excluding hydrogens is 378 g/mol. The molecule has 0 saturated heterocycles. The molecule has 0 aliphatic heterocycles. The zero-order valence-corrected chi connectivity index (χ0v) is 15.6. The number of hydrogen-bond donors (Lipinski definition) is 1. The van der Waals surface area contributed by atoms with Gasteiger partial charge in [0.1, 0.15) is 0 Å². The Bertz CT molecular complexity index is 838. The highest BCUT2D eigenvalue weighted by atomic mass is 32.2. The van der Waals surface area contributed by atoms with Crippen LogP contribution >= 0.6 is 0 Å². The van der Waals surface area contributed by atoms with E-state index in [1.165, 1.54) is 5.56 Å². The van der Waals surface area contributed by atoms with E-state index in [1.807, 2.05) is 18.2 Å². The van der Waals surface area contributed by atoms with Crippen molar-refractivity contribution in [2.24, 2.45) is 17.3 Å². The average Bonchev–Trinajstić information content (AvgIpc) is 2.58. The minimum absolute atomic E-state index is 0.0384. The van der Waals surface area contributed by atoms with Crippen molar-refractivity contribution in [1.82, 2.24) is 0 Å². The van der Waals surface area contributed by atoms with Crippen LogP contribution < -0.4 is 0 Å². The van der Waals surface area contributed by atoms with Crippen LogP contribution in [0.25, 0.3) is 0 Å². The maximum Gasteiger partial charge on any atom is 0.465 e. The van der Waals surface area contributed by atoms with E-state index in [-0.39, 0.29) is 12.0 Å². The quantitative estimate of drug-likeness (QED) is 0.604. The Hall–Kier alpha value is -1.54. The molecule has 8 heteroatoms. The van der Waals surface area contributed by atoms with Gasteiger partial charge in [-0.15, -0.1) is 0 Å². The average molecular weight is 400 g/mol. The first-order valence-corrected chi connectivity index (χ1v) is 10.6. The molecule has 0 radical (unpaired) electrons. The van der Waals surface area contributed by atoms with Gasteiger partial charge in [0.05, 0.1) is 6.61 Å². The smallest absolute Gasteiger partial charge is 0.460 e. The molecule has 1 aromatic carbocycles. The molecule has 27 heavy (non-hydrogen) atoms. The van der Waals surface area contributed by atoms with Crippen molar-refractivity contribution in [1.29, 1.82) is 0 Å². The summed E-state index contributed by atoms with van der Waals surface area (Å²) in [6.07, 6.45) is 5.52. The fourth-order valence-corrected chi connectivity index (χ4v) is 6.43. The molecule has 0 amide bonds. The molecule has 0 spiro atoms. The van der Waals surface area contributed by atoms with Gasteiger partial charge in [0, 0.05) is 5.41 Å². The SMILES string of the molecule is O=C(OCC12CC3CC(C1)CC(c1ccccc1)(C3)C2)C(F)(F)S(=O)(=O)O. The van der Waals surface area contributed by atoms with E-state index < -0.39 is 26.8 Å². The number of carbonyl (C=O) groups is 1. The minimum atomic E-state index is -5.84. The van der Waals surface area contributed by atoms with Crippen molar-refractivity contribution in [2.45, 2.75) is 49.2 Å². The highest BCUT2D eigenvalue weighted by molar-refractivity contribution is 7.87. The number of rotatable bonds is 5. The maximum absolute atomic E-state index is 13.5. The van der Waals surface area contributed by atoms with Gasteiger partial charge in [-0.25, -0.2) is 4.79 Å². The molecule has 2 atom stereocenters. The van der Waals surface area contributed by atoms with Crippen LogP contribution in [-0.2, 0) is 25.1 Å². The first-order valence-electron chi connectivity index (χ1n) is 9.13. The Morgan fingerprint density at radius 1 is 1.15 bits per heavy atom. The van der Waals surface area contributed by atoms with Crippen LogP contribution in [0.5, 0.6) is 0 Å². The number of alkyl halides is 2. The molecule has 5 rings (SSSR count). The molecular formula is C19H22F2O5S. The van der Waals surface area contributed by atoms with Crippen LogP contribution in [0.2, 0.25) is 0 Å². The van der Waals surface area contributed by atoms with E-state index in [0.29, 0.717) is 11.8 Å². The van der Waals surface area contributed by atoms with Gasteiger partial charge < -0.3 is 4.74 Å². The largest absolute Gasteiger partial charge is 0.465 e. The van der Waals surface area contributed by atoms with Crippen molar-refractivity contribution in [3.63, 3.8) is 0 Å². The molecule has 1 N–H and O–H groups in total. The van der Waals surface area contributed by atoms with E-state index >= 15 is 0 Å². The molecule has 0 heterocycles. The van der Waals surface area contributed by atoms with Crippen molar-refractivity contribution < 1.29 is 31.3 Å². The fraction of sp³-hybridized carbons (Fsp3) is 0.632. The topological polar surface area (TPSA) is 80.7 Å². The molecule has 2 unspecified atom stereocenters. The molecule has 148 valence electrons. The maximum atomic E-state index is 13.5. The summed E-state index contributed by atoms with van der Waals surface area (Å²) in [5, 5.41) is -4.94. The summed E-state index contributed by atoms with van der Waals surface area (Å²) in [6, 6.07) is 10.1. The second-order valence-electron chi connectivity index (χ2n) is 8.68. The number of halogens is 2. The Labute approximate surface area is 156 Å². The number of benzene rings is 1. The van der Waals surface area contributed by atoms with Gasteiger partial charge in [0.25, 0.3) is 0 Å². The third kappa shape index (κ3) is 3.06. The van der Waals surface area contributed by atoms with Crippen LogP contribution in [0.3, 0.4) is 0 Å². The van der Waals surface area contributed by atoms with Crippen LogP contribution in [0.1, 0.15) is 44.1 Å². The Kier molecular flexibility index (Phi) is 4.16. The summed E-state index contributed by atoms with van der Waals surface area (Å²) >= 11 is 0. The molecule has 5 nitrogen and oxygen atoms in total. The number of hydrogen-bond acceptors (Lipinski definition) is 4. The second kappa shape index (κ2) is 5.98. The molecule has 0 aromatic heterocycles. The first kappa shape index (κ1) is 18.8.